The van der Waals surface area contributed by atoms with Crippen molar-refractivity contribution < 1.29 is 43.6 Å². The van der Waals surface area contributed by atoms with Crippen LogP contribution in [0.2, 0.25) is 0 Å². The zero-order chi connectivity index (χ0) is 32.1. The van der Waals surface area contributed by atoms with Crippen molar-refractivity contribution in [1.82, 2.24) is 4.98 Å². The van der Waals surface area contributed by atoms with E-state index in [4.69, 9.17) is 19.6 Å². The van der Waals surface area contributed by atoms with Crippen LogP contribution in [0.4, 0.5) is 4.39 Å². The Morgan fingerprint density at radius 3 is 2.23 bits per heavy atom. The molecule has 4 rings (SSSR count). The summed E-state index contributed by atoms with van der Waals surface area (Å²) in [6, 6.07) is 9.35. The van der Waals surface area contributed by atoms with Gasteiger partial charge in [0.15, 0.2) is 0 Å². The van der Waals surface area contributed by atoms with Crippen LogP contribution >= 0.6 is 0 Å². The second kappa shape index (κ2) is 13.9. The van der Waals surface area contributed by atoms with Gasteiger partial charge in [-0.25, -0.2) is 14.0 Å². The summed E-state index contributed by atoms with van der Waals surface area (Å²) >= 11 is 0. The predicted molar refractivity (Wildman–Crippen MR) is 162 cm³/mol. The number of nitrogens with zero attached hydrogens (tertiary/aromatic N) is 1. The average molecular weight is 606 g/mol. The number of benzene rings is 2. The molecular formula is C34H36FNO8. The lowest BCUT2D eigenvalue weighted by Crippen LogP contribution is -2.19. The van der Waals surface area contributed by atoms with Gasteiger partial charge >= 0.3 is 17.9 Å². The van der Waals surface area contributed by atoms with Crippen LogP contribution in [-0.2, 0) is 27.1 Å². The smallest absolute Gasteiger partial charge is 0.338 e. The van der Waals surface area contributed by atoms with Gasteiger partial charge in [0.25, 0.3) is 0 Å². The molecule has 0 amide bonds. The molecule has 0 saturated carbocycles. The molecule has 0 saturated heterocycles. The third kappa shape index (κ3) is 7.03. The van der Waals surface area contributed by atoms with E-state index in [0.29, 0.717) is 41.8 Å². The van der Waals surface area contributed by atoms with E-state index in [1.54, 1.807) is 30.3 Å². The molecule has 2 atom stereocenters. The highest BCUT2D eigenvalue weighted by Gasteiger charge is 2.29. The van der Waals surface area contributed by atoms with Gasteiger partial charge in [-0.15, -0.1) is 0 Å². The number of aliphatic carboxylic acids is 1. The molecule has 1 aliphatic carbocycles. The molecule has 1 aromatic heterocycles. The molecule has 1 aliphatic rings. The number of hydrogen-bond acceptors (Lipinski definition) is 8. The largest absolute Gasteiger partial charge is 0.481 e. The first-order chi connectivity index (χ1) is 20.9. The van der Waals surface area contributed by atoms with E-state index in [1.165, 1.54) is 32.4 Å². The standard InChI is InChI=1S/C34H36FNO8/c1-18(2)31-25(13-12-22(37)15-23(38)16-29(39)40)30(19-8-10-21(35)11-9-19)24-7-5-6-20-14-27(33(41)43-3)28(34(42)44-4)17-26(20)32(24)36-31/h8-14,17-18,22-23,37-38H,5-7,15-16H2,1-4H3,(H,39,40)/b13-12+/t22-,23-/m1/s1. The molecule has 0 aliphatic heterocycles. The van der Waals surface area contributed by atoms with Crippen molar-refractivity contribution >= 4 is 24.0 Å². The summed E-state index contributed by atoms with van der Waals surface area (Å²) in [6.45, 7) is 3.93. The highest BCUT2D eigenvalue weighted by molar-refractivity contribution is 6.04. The minimum atomic E-state index is -1.23. The number of methoxy groups -OCH3 is 2. The number of esters is 2. The number of aliphatic hydroxyl groups is 2. The molecule has 2 aromatic carbocycles. The third-order valence-electron chi connectivity index (χ3n) is 7.64. The number of carboxylic acid groups (broad SMARTS) is 1. The molecule has 3 N–H and O–H groups in total. The Morgan fingerprint density at radius 2 is 1.64 bits per heavy atom. The molecule has 0 spiro atoms. The number of aliphatic hydroxyl groups excluding tert-OH is 2. The molecule has 10 heteroatoms. The van der Waals surface area contributed by atoms with Crippen LogP contribution in [0.15, 0.2) is 42.5 Å². The van der Waals surface area contributed by atoms with Gasteiger partial charge < -0.3 is 24.8 Å². The van der Waals surface area contributed by atoms with Gasteiger partial charge in [-0.1, -0.05) is 38.1 Å². The highest BCUT2D eigenvalue weighted by atomic mass is 19.1. The average Bonchev–Trinajstić information content (AvgIpc) is 3.16. The summed E-state index contributed by atoms with van der Waals surface area (Å²) in [7, 11) is 2.48. The number of pyridine rings is 1. The molecule has 9 nitrogen and oxygen atoms in total. The van der Waals surface area contributed by atoms with Gasteiger partial charge in [0, 0.05) is 17.5 Å². The van der Waals surface area contributed by atoms with Crippen molar-refractivity contribution in [3.05, 3.63) is 81.8 Å². The Labute approximate surface area is 255 Å². The molecule has 0 fully saturated rings. The topological polar surface area (TPSA) is 143 Å². The lowest BCUT2D eigenvalue weighted by Gasteiger charge is -2.22. The fourth-order valence-corrected chi connectivity index (χ4v) is 5.61. The number of carbonyl (C=O) groups excluding carboxylic acids is 2. The predicted octanol–water partition coefficient (Wildman–Crippen LogP) is 5.34. The maximum absolute atomic E-state index is 14.1. The molecule has 0 bridgehead atoms. The van der Waals surface area contributed by atoms with Crippen molar-refractivity contribution in [3.8, 4) is 22.4 Å². The summed E-state index contributed by atoms with van der Waals surface area (Å²) in [4.78, 5) is 41.5. The third-order valence-corrected chi connectivity index (χ3v) is 7.64. The summed E-state index contributed by atoms with van der Waals surface area (Å²) < 4.78 is 24.0. The van der Waals surface area contributed by atoms with E-state index in [0.717, 1.165) is 22.3 Å². The lowest BCUT2D eigenvalue weighted by molar-refractivity contribution is -0.139. The van der Waals surface area contributed by atoms with Crippen LogP contribution in [-0.4, -0.2) is 64.6 Å². The van der Waals surface area contributed by atoms with Crippen molar-refractivity contribution in [2.45, 2.75) is 64.1 Å². The Balaban J connectivity index is 2.00. The quantitative estimate of drug-likeness (QED) is 0.261. The summed E-state index contributed by atoms with van der Waals surface area (Å²) in [5, 5.41) is 29.6. The normalized spacial score (nSPS) is 14.0. The summed E-state index contributed by atoms with van der Waals surface area (Å²) in [6.07, 6.45) is 2.03. The van der Waals surface area contributed by atoms with E-state index < -0.39 is 42.4 Å². The lowest BCUT2D eigenvalue weighted by atomic mass is 9.86. The van der Waals surface area contributed by atoms with E-state index in [2.05, 4.69) is 0 Å². The second-order valence-corrected chi connectivity index (χ2v) is 11.1. The monoisotopic (exact) mass is 605 g/mol. The van der Waals surface area contributed by atoms with Gasteiger partial charge in [0.05, 0.1) is 55.4 Å². The van der Waals surface area contributed by atoms with Gasteiger partial charge in [-0.05, 0) is 71.7 Å². The maximum Gasteiger partial charge on any atom is 0.338 e. The van der Waals surface area contributed by atoms with Gasteiger partial charge in [-0.3, -0.25) is 9.78 Å². The number of hydrogen-bond donors (Lipinski definition) is 3. The minimum absolute atomic E-state index is 0.0502. The maximum atomic E-state index is 14.1. The van der Waals surface area contributed by atoms with E-state index in [-0.39, 0.29) is 23.5 Å². The molecule has 232 valence electrons. The zero-order valence-corrected chi connectivity index (χ0v) is 25.1. The van der Waals surface area contributed by atoms with Gasteiger partial charge in [-0.2, -0.15) is 0 Å². The Bertz CT molecular complexity index is 1600. The number of halogens is 1. The minimum Gasteiger partial charge on any atom is -0.481 e. The first kappa shape index (κ1) is 32.5. The first-order valence-corrected chi connectivity index (χ1v) is 14.4. The second-order valence-electron chi connectivity index (χ2n) is 11.1. The zero-order valence-electron chi connectivity index (χ0n) is 25.1. The van der Waals surface area contributed by atoms with Crippen LogP contribution in [0.1, 0.15) is 82.1 Å². The molecule has 0 radical (unpaired) electrons. The van der Waals surface area contributed by atoms with Crippen molar-refractivity contribution in [2.75, 3.05) is 14.2 Å². The van der Waals surface area contributed by atoms with Crippen LogP contribution in [0.3, 0.4) is 0 Å². The SMILES string of the molecule is COC(=O)c1cc2c(cc1C(=O)OC)-c1nc(C(C)C)c(/C=C/[C@@H](O)C[C@@H](O)CC(=O)O)c(-c3ccc(F)cc3)c1CCC2. The van der Waals surface area contributed by atoms with Crippen LogP contribution < -0.4 is 0 Å². The fourth-order valence-electron chi connectivity index (χ4n) is 5.61. The van der Waals surface area contributed by atoms with Gasteiger partial charge in [0.1, 0.15) is 5.82 Å². The summed E-state index contributed by atoms with van der Waals surface area (Å²) in [5.41, 5.74) is 5.96. The van der Waals surface area contributed by atoms with E-state index in [9.17, 15) is 29.0 Å². The fraction of sp³-hybridized carbons (Fsp3) is 0.353. The van der Waals surface area contributed by atoms with Gasteiger partial charge in [0.2, 0.25) is 0 Å². The van der Waals surface area contributed by atoms with Crippen LogP contribution in [0, 0.1) is 5.82 Å². The number of carbonyl (C=O) groups is 3. The molecule has 3 aromatic rings. The summed E-state index contributed by atoms with van der Waals surface area (Å²) in [5.74, 6) is -3.04. The van der Waals surface area contributed by atoms with E-state index >= 15 is 0 Å². The Morgan fingerprint density at radius 1 is 1.00 bits per heavy atom. The van der Waals surface area contributed by atoms with Crippen LogP contribution in [0.5, 0.6) is 0 Å². The highest BCUT2D eigenvalue weighted by Crippen LogP contribution is 2.43. The van der Waals surface area contributed by atoms with Crippen molar-refractivity contribution in [2.24, 2.45) is 0 Å². The molecule has 0 unspecified atom stereocenters. The Kier molecular flexibility index (Phi) is 10.3. The first-order valence-electron chi connectivity index (χ1n) is 14.4. The number of rotatable bonds is 10. The molecule has 1 heterocycles. The van der Waals surface area contributed by atoms with Crippen LogP contribution in [0.25, 0.3) is 28.5 Å². The number of aromatic nitrogens is 1. The number of aryl methyl sites for hydroxylation is 1. The number of fused-ring (bicyclic) bond motifs is 3. The Hall–Kier alpha value is -4.41. The number of carboxylic acids is 1. The molecule has 44 heavy (non-hydrogen) atoms. The van der Waals surface area contributed by atoms with E-state index in [1.807, 2.05) is 13.8 Å². The molecular weight excluding hydrogens is 569 g/mol. The van der Waals surface area contributed by atoms with Crippen molar-refractivity contribution in [3.63, 3.8) is 0 Å². The number of ether oxygens (including phenoxy) is 2. The van der Waals surface area contributed by atoms with Crippen molar-refractivity contribution in [1.29, 1.82) is 0 Å².